The van der Waals surface area contributed by atoms with Crippen molar-refractivity contribution in [2.24, 2.45) is 5.92 Å². The van der Waals surface area contributed by atoms with E-state index in [-0.39, 0.29) is 11.8 Å². The highest BCUT2D eigenvalue weighted by Gasteiger charge is 2.26. The Morgan fingerprint density at radius 3 is 2.72 bits per heavy atom. The monoisotopic (exact) mass is 412 g/mol. The first-order valence-electron chi connectivity index (χ1n) is 9.34. The highest BCUT2D eigenvalue weighted by Crippen LogP contribution is 2.29. The number of hydrogen-bond acceptors (Lipinski definition) is 6. The van der Waals surface area contributed by atoms with Gasteiger partial charge in [-0.2, -0.15) is 0 Å². The Morgan fingerprint density at radius 1 is 1.21 bits per heavy atom. The van der Waals surface area contributed by atoms with E-state index in [0.29, 0.717) is 16.5 Å². The average Bonchev–Trinajstić information content (AvgIpc) is 3.29. The Hall–Kier alpha value is -3.13. The second kappa shape index (κ2) is 8.48. The lowest BCUT2D eigenvalue weighted by Crippen LogP contribution is -2.38. The molecule has 1 aliphatic rings. The van der Waals surface area contributed by atoms with Crippen LogP contribution in [-0.2, 0) is 4.79 Å². The van der Waals surface area contributed by atoms with Gasteiger partial charge in [0.15, 0.2) is 0 Å². The molecule has 0 saturated carbocycles. The minimum atomic E-state index is -0.0788. The van der Waals surface area contributed by atoms with E-state index in [1.54, 1.807) is 44.2 Å². The molecular formula is C20H21ClN6O2. The number of hydrogen-bond donors (Lipinski definition) is 1. The number of methoxy groups -OCH3 is 1. The van der Waals surface area contributed by atoms with E-state index >= 15 is 0 Å². The Morgan fingerprint density at radius 2 is 2.00 bits per heavy atom. The molecule has 2 aromatic heterocycles. The quantitative estimate of drug-likeness (QED) is 0.692. The highest BCUT2D eigenvalue weighted by molar-refractivity contribution is 6.31. The van der Waals surface area contributed by atoms with Gasteiger partial charge in [-0.15, -0.1) is 0 Å². The van der Waals surface area contributed by atoms with Crippen LogP contribution in [0.3, 0.4) is 0 Å². The van der Waals surface area contributed by atoms with Gasteiger partial charge in [-0.1, -0.05) is 11.6 Å². The fourth-order valence-corrected chi connectivity index (χ4v) is 3.60. The van der Waals surface area contributed by atoms with Crippen molar-refractivity contribution in [2.45, 2.75) is 12.8 Å². The number of ether oxygens (including phenoxy) is 1. The van der Waals surface area contributed by atoms with Crippen LogP contribution in [0, 0.1) is 5.92 Å². The number of carbonyl (C=O) groups excluding carboxylic acids is 1. The summed E-state index contributed by atoms with van der Waals surface area (Å²) in [7, 11) is 1.57. The van der Waals surface area contributed by atoms with Crippen LogP contribution >= 0.6 is 11.6 Å². The zero-order chi connectivity index (χ0) is 20.2. The van der Waals surface area contributed by atoms with Crippen molar-refractivity contribution in [3.63, 3.8) is 0 Å². The summed E-state index contributed by atoms with van der Waals surface area (Å²) in [5.41, 5.74) is 0.591. The fourth-order valence-electron chi connectivity index (χ4n) is 3.43. The number of anilines is 2. The van der Waals surface area contributed by atoms with Crippen molar-refractivity contribution in [3.05, 3.63) is 54.3 Å². The van der Waals surface area contributed by atoms with Gasteiger partial charge in [0.1, 0.15) is 30.0 Å². The zero-order valence-electron chi connectivity index (χ0n) is 16.0. The van der Waals surface area contributed by atoms with Crippen molar-refractivity contribution >= 4 is 29.0 Å². The minimum Gasteiger partial charge on any atom is -0.495 e. The summed E-state index contributed by atoms with van der Waals surface area (Å²) in [6.07, 6.45) is 8.27. The molecule has 0 spiro atoms. The Labute approximate surface area is 173 Å². The third-order valence-corrected chi connectivity index (χ3v) is 5.25. The minimum absolute atomic E-state index is 0.0213. The molecule has 0 atom stereocenters. The van der Waals surface area contributed by atoms with E-state index in [0.717, 1.165) is 37.6 Å². The second-order valence-electron chi connectivity index (χ2n) is 6.80. The molecule has 1 aliphatic heterocycles. The van der Waals surface area contributed by atoms with Crippen molar-refractivity contribution in [1.82, 2.24) is 19.5 Å². The smallest absolute Gasteiger partial charge is 0.227 e. The number of halogens is 1. The van der Waals surface area contributed by atoms with Gasteiger partial charge in [0.25, 0.3) is 0 Å². The third-order valence-electron chi connectivity index (χ3n) is 5.02. The molecule has 3 heterocycles. The van der Waals surface area contributed by atoms with Gasteiger partial charge in [-0.3, -0.25) is 9.36 Å². The summed E-state index contributed by atoms with van der Waals surface area (Å²) in [6.45, 7) is 1.48. The van der Waals surface area contributed by atoms with Gasteiger partial charge in [0.2, 0.25) is 5.91 Å². The Bertz CT molecular complexity index is 986. The molecule has 1 saturated heterocycles. The first-order chi connectivity index (χ1) is 14.1. The zero-order valence-corrected chi connectivity index (χ0v) is 16.7. The maximum absolute atomic E-state index is 12.7. The van der Waals surface area contributed by atoms with Crippen LogP contribution in [0.2, 0.25) is 5.02 Å². The lowest BCUT2D eigenvalue weighted by Gasteiger charge is -2.32. The Balaban J connectivity index is 1.39. The molecule has 8 nitrogen and oxygen atoms in total. The van der Waals surface area contributed by atoms with E-state index in [9.17, 15) is 4.79 Å². The number of benzene rings is 1. The number of nitrogens with zero attached hydrogens (tertiary/aromatic N) is 5. The van der Waals surface area contributed by atoms with Crippen molar-refractivity contribution in [2.75, 3.05) is 30.4 Å². The molecule has 3 aromatic rings. The number of piperidine rings is 1. The molecule has 1 N–H and O–H groups in total. The summed E-state index contributed by atoms with van der Waals surface area (Å²) in [5.74, 6) is 2.10. The van der Waals surface area contributed by atoms with Crippen LogP contribution in [0.15, 0.2) is 49.3 Å². The van der Waals surface area contributed by atoms with Crippen molar-refractivity contribution < 1.29 is 9.53 Å². The first-order valence-corrected chi connectivity index (χ1v) is 9.71. The van der Waals surface area contributed by atoms with E-state index in [2.05, 4.69) is 25.2 Å². The topological polar surface area (TPSA) is 85.2 Å². The molecule has 0 aliphatic carbocycles. The van der Waals surface area contributed by atoms with Crippen molar-refractivity contribution in [3.8, 4) is 11.6 Å². The van der Waals surface area contributed by atoms with Gasteiger partial charge in [-0.25, -0.2) is 15.0 Å². The lowest BCUT2D eigenvalue weighted by molar-refractivity contribution is -0.120. The van der Waals surface area contributed by atoms with E-state index < -0.39 is 0 Å². The summed E-state index contributed by atoms with van der Waals surface area (Å²) in [4.78, 5) is 27.6. The maximum atomic E-state index is 12.7. The summed E-state index contributed by atoms with van der Waals surface area (Å²) in [6, 6.07) is 7.10. The standard InChI is InChI=1S/C20H21ClN6O2/c1-29-17-3-2-15(21)10-16(17)25-20(28)14-4-7-26(8-5-14)18-11-19(24-12-23-18)27-9-6-22-13-27/h2-3,6,9-14H,4-5,7-8H2,1H3,(H,25,28). The maximum Gasteiger partial charge on any atom is 0.227 e. The first kappa shape index (κ1) is 19.2. The van der Waals surface area contributed by atoms with E-state index in [1.165, 1.54) is 0 Å². The molecule has 1 aromatic carbocycles. The van der Waals surface area contributed by atoms with Crippen molar-refractivity contribution in [1.29, 1.82) is 0 Å². The normalized spacial score (nSPS) is 14.6. The summed E-state index contributed by atoms with van der Waals surface area (Å²) >= 11 is 6.05. The van der Waals surface area contributed by atoms with Crippen LogP contribution in [0.25, 0.3) is 5.82 Å². The fraction of sp³-hybridized carbons (Fsp3) is 0.300. The molecule has 29 heavy (non-hydrogen) atoms. The summed E-state index contributed by atoms with van der Waals surface area (Å²) in [5, 5.41) is 3.50. The average molecular weight is 413 g/mol. The third kappa shape index (κ3) is 4.32. The molecular weight excluding hydrogens is 392 g/mol. The molecule has 0 bridgehead atoms. The molecule has 150 valence electrons. The number of aromatic nitrogens is 4. The molecule has 0 radical (unpaired) electrons. The van der Waals surface area contributed by atoms with E-state index in [4.69, 9.17) is 16.3 Å². The predicted octanol–water partition coefficient (Wildman–Crippen LogP) is 3.18. The number of nitrogens with one attached hydrogen (secondary N) is 1. The molecule has 4 rings (SSSR count). The number of carbonyl (C=O) groups is 1. The van der Waals surface area contributed by atoms with Gasteiger partial charge in [0, 0.05) is 42.5 Å². The molecule has 9 heteroatoms. The van der Waals surface area contributed by atoms with Crippen LogP contribution in [0.4, 0.5) is 11.5 Å². The molecule has 1 amide bonds. The molecule has 0 unspecified atom stereocenters. The van der Waals surface area contributed by atoms with Crippen LogP contribution in [0.5, 0.6) is 5.75 Å². The summed E-state index contributed by atoms with van der Waals surface area (Å²) < 4.78 is 7.14. The SMILES string of the molecule is COc1ccc(Cl)cc1NC(=O)C1CCN(c2cc(-n3ccnc3)ncn2)CC1. The highest BCUT2D eigenvalue weighted by atomic mass is 35.5. The predicted molar refractivity (Wildman–Crippen MR) is 111 cm³/mol. The van der Waals surface area contributed by atoms with E-state index in [1.807, 2.05) is 16.8 Å². The van der Waals surface area contributed by atoms with Gasteiger partial charge < -0.3 is 15.0 Å². The van der Waals surface area contributed by atoms with Crippen LogP contribution < -0.4 is 15.0 Å². The van der Waals surface area contributed by atoms with Gasteiger partial charge in [-0.05, 0) is 31.0 Å². The van der Waals surface area contributed by atoms with Crippen LogP contribution in [-0.4, -0.2) is 45.6 Å². The second-order valence-corrected chi connectivity index (χ2v) is 7.24. The van der Waals surface area contributed by atoms with Gasteiger partial charge >= 0.3 is 0 Å². The lowest BCUT2D eigenvalue weighted by atomic mass is 9.95. The number of imidazole rings is 1. The number of amides is 1. The Kier molecular flexibility index (Phi) is 5.62. The molecule has 1 fully saturated rings. The number of rotatable bonds is 5. The van der Waals surface area contributed by atoms with Crippen LogP contribution in [0.1, 0.15) is 12.8 Å². The van der Waals surface area contributed by atoms with Gasteiger partial charge in [0.05, 0.1) is 12.8 Å². The largest absolute Gasteiger partial charge is 0.495 e.